The maximum Gasteiger partial charge on any atom is 0.253 e. The van der Waals surface area contributed by atoms with E-state index in [4.69, 9.17) is 4.74 Å². The molecule has 1 aliphatic rings. The highest BCUT2D eigenvalue weighted by molar-refractivity contribution is 5.94. The SMILES string of the molecule is C=CCOc1ccc(C(=O)N2CCCC2)cc1. The quantitative estimate of drug-likeness (QED) is 0.745. The Kier molecular flexibility index (Phi) is 3.81. The Labute approximate surface area is 102 Å². The number of nitrogens with zero attached hydrogens (tertiary/aromatic N) is 1. The molecule has 17 heavy (non-hydrogen) atoms. The van der Waals surface area contributed by atoms with Gasteiger partial charge in [0, 0.05) is 18.7 Å². The van der Waals surface area contributed by atoms with Crippen molar-refractivity contribution in [3.8, 4) is 5.75 Å². The normalized spacial score (nSPS) is 14.7. The number of rotatable bonds is 4. The van der Waals surface area contributed by atoms with Crippen molar-refractivity contribution in [3.05, 3.63) is 42.5 Å². The Morgan fingerprint density at radius 2 is 1.94 bits per heavy atom. The fourth-order valence-electron chi connectivity index (χ4n) is 1.95. The summed E-state index contributed by atoms with van der Waals surface area (Å²) in [5.74, 6) is 0.889. The highest BCUT2D eigenvalue weighted by Gasteiger charge is 2.19. The number of hydrogen-bond acceptors (Lipinski definition) is 2. The molecule has 1 fully saturated rings. The van der Waals surface area contributed by atoms with E-state index in [1.54, 1.807) is 6.08 Å². The molecule has 3 heteroatoms. The lowest BCUT2D eigenvalue weighted by Gasteiger charge is -2.15. The molecule has 0 aromatic heterocycles. The first-order valence-electron chi connectivity index (χ1n) is 5.94. The van der Waals surface area contributed by atoms with Crippen molar-refractivity contribution in [3.63, 3.8) is 0 Å². The lowest BCUT2D eigenvalue weighted by molar-refractivity contribution is 0.0793. The molecular weight excluding hydrogens is 214 g/mol. The second-order valence-corrected chi connectivity index (χ2v) is 4.12. The van der Waals surface area contributed by atoms with Crippen molar-refractivity contribution in [1.29, 1.82) is 0 Å². The van der Waals surface area contributed by atoms with Crippen LogP contribution in [-0.2, 0) is 0 Å². The highest BCUT2D eigenvalue weighted by atomic mass is 16.5. The summed E-state index contributed by atoms with van der Waals surface area (Å²) in [5.41, 5.74) is 0.734. The summed E-state index contributed by atoms with van der Waals surface area (Å²) in [4.78, 5) is 13.9. The third kappa shape index (κ3) is 2.87. The van der Waals surface area contributed by atoms with Gasteiger partial charge in [-0.05, 0) is 37.1 Å². The lowest BCUT2D eigenvalue weighted by atomic mass is 10.2. The third-order valence-corrected chi connectivity index (χ3v) is 2.86. The van der Waals surface area contributed by atoms with Crippen LogP contribution in [0.2, 0.25) is 0 Å². The molecule has 0 N–H and O–H groups in total. The molecule has 0 bridgehead atoms. The summed E-state index contributed by atoms with van der Waals surface area (Å²) >= 11 is 0. The standard InChI is InChI=1S/C14H17NO2/c1-2-11-17-13-7-5-12(6-8-13)14(16)15-9-3-4-10-15/h2,5-8H,1,3-4,9-11H2. The first-order valence-corrected chi connectivity index (χ1v) is 5.94. The van der Waals surface area contributed by atoms with Crippen LogP contribution >= 0.6 is 0 Å². The van der Waals surface area contributed by atoms with Gasteiger partial charge in [-0.1, -0.05) is 12.7 Å². The molecule has 0 aliphatic carbocycles. The maximum absolute atomic E-state index is 12.0. The van der Waals surface area contributed by atoms with Crippen LogP contribution < -0.4 is 4.74 Å². The molecule has 0 radical (unpaired) electrons. The van der Waals surface area contributed by atoms with Crippen LogP contribution in [0, 0.1) is 0 Å². The summed E-state index contributed by atoms with van der Waals surface area (Å²) < 4.78 is 5.37. The van der Waals surface area contributed by atoms with E-state index < -0.39 is 0 Å². The molecule has 0 unspecified atom stereocenters. The topological polar surface area (TPSA) is 29.5 Å². The zero-order chi connectivity index (χ0) is 12.1. The number of hydrogen-bond donors (Lipinski definition) is 0. The van der Waals surface area contributed by atoms with Crippen LogP contribution in [-0.4, -0.2) is 30.5 Å². The second-order valence-electron chi connectivity index (χ2n) is 4.12. The van der Waals surface area contributed by atoms with E-state index in [0.29, 0.717) is 6.61 Å². The molecule has 1 heterocycles. The van der Waals surface area contributed by atoms with Gasteiger partial charge in [-0.2, -0.15) is 0 Å². The highest BCUT2D eigenvalue weighted by Crippen LogP contribution is 2.16. The molecule has 2 rings (SSSR count). The number of likely N-dealkylation sites (tertiary alicyclic amines) is 1. The van der Waals surface area contributed by atoms with Crippen LogP contribution in [0.3, 0.4) is 0 Å². The number of carbonyl (C=O) groups is 1. The molecule has 90 valence electrons. The van der Waals surface area contributed by atoms with Crippen molar-refractivity contribution in [2.45, 2.75) is 12.8 Å². The van der Waals surface area contributed by atoms with Crippen molar-refractivity contribution in [2.75, 3.05) is 19.7 Å². The number of carbonyl (C=O) groups excluding carboxylic acids is 1. The Bertz CT molecular complexity index is 391. The molecule has 1 saturated heterocycles. The molecule has 3 nitrogen and oxygen atoms in total. The molecule has 1 amide bonds. The lowest BCUT2D eigenvalue weighted by Crippen LogP contribution is -2.27. The van der Waals surface area contributed by atoms with Crippen molar-refractivity contribution >= 4 is 5.91 Å². The van der Waals surface area contributed by atoms with Crippen LogP contribution in [0.5, 0.6) is 5.75 Å². The van der Waals surface area contributed by atoms with E-state index in [1.807, 2.05) is 29.2 Å². The van der Waals surface area contributed by atoms with E-state index in [0.717, 1.165) is 37.2 Å². The van der Waals surface area contributed by atoms with Gasteiger partial charge in [0.25, 0.3) is 5.91 Å². The van der Waals surface area contributed by atoms with Crippen LogP contribution in [0.1, 0.15) is 23.2 Å². The van der Waals surface area contributed by atoms with Crippen LogP contribution in [0.25, 0.3) is 0 Å². The fourth-order valence-corrected chi connectivity index (χ4v) is 1.95. The van der Waals surface area contributed by atoms with E-state index in [9.17, 15) is 4.79 Å². The number of benzene rings is 1. The van der Waals surface area contributed by atoms with Crippen molar-refractivity contribution < 1.29 is 9.53 Å². The third-order valence-electron chi connectivity index (χ3n) is 2.86. The summed E-state index contributed by atoms with van der Waals surface area (Å²) in [5, 5.41) is 0. The van der Waals surface area contributed by atoms with Gasteiger partial charge in [0.1, 0.15) is 12.4 Å². The van der Waals surface area contributed by atoms with Gasteiger partial charge in [-0.3, -0.25) is 4.79 Å². The smallest absolute Gasteiger partial charge is 0.253 e. The van der Waals surface area contributed by atoms with E-state index >= 15 is 0 Å². The molecule has 0 saturated carbocycles. The summed E-state index contributed by atoms with van der Waals surface area (Å²) in [6.07, 6.45) is 3.93. The minimum atomic E-state index is 0.123. The zero-order valence-corrected chi connectivity index (χ0v) is 9.89. The molecule has 0 spiro atoms. The van der Waals surface area contributed by atoms with Gasteiger partial charge in [0.05, 0.1) is 0 Å². The van der Waals surface area contributed by atoms with Gasteiger partial charge in [0.15, 0.2) is 0 Å². The monoisotopic (exact) mass is 231 g/mol. The van der Waals surface area contributed by atoms with Gasteiger partial charge in [-0.25, -0.2) is 0 Å². The van der Waals surface area contributed by atoms with Crippen molar-refractivity contribution in [2.24, 2.45) is 0 Å². The summed E-state index contributed by atoms with van der Waals surface area (Å²) in [6, 6.07) is 7.29. The average molecular weight is 231 g/mol. The molecule has 1 aliphatic heterocycles. The predicted octanol–water partition coefficient (Wildman–Crippen LogP) is 2.49. The van der Waals surface area contributed by atoms with Crippen molar-refractivity contribution in [1.82, 2.24) is 4.90 Å². The zero-order valence-electron chi connectivity index (χ0n) is 9.89. The minimum Gasteiger partial charge on any atom is -0.490 e. The first-order chi connectivity index (χ1) is 8.31. The van der Waals surface area contributed by atoms with Gasteiger partial charge in [-0.15, -0.1) is 0 Å². The Morgan fingerprint density at radius 3 is 2.53 bits per heavy atom. The number of ether oxygens (including phenoxy) is 1. The van der Waals surface area contributed by atoms with Crippen LogP contribution in [0.4, 0.5) is 0 Å². The van der Waals surface area contributed by atoms with E-state index in [1.165, 1.54) is 0 Å². The first kappa shape index (κ1) is 11.7. The molecule has 0 atom stereocenters. The fraction of sp³-hybridized carbons (Fsp3) is 0.357. The molecule has 1 aromatic rings. The Hall–Kier alpha value is -1.77. The van der Waals surface area contributed by atoms with Crippen LogP contribution in [0.15, 0.2) is 36.9 Å². The van der Waals surface area contributed by atoms with Gasteiger partial charge in [0.2, 0.25) is 0 Å². The average Bonchev–Trinajstić information content (AvgIpc) is 2.90. The molecule has 1 aromatic carbocycles. The van der Waals surface area contributed by atoms with Gasteiger partial charge < -0.3 is 9.64 Å². The van der Waals surface area contributed by atoms with E-state index in [-0.39, 0.29) is 5.91 Å². The largest absolute Gasteiger partial charge is 0.490 e. The second kappa shape index (κ2) is 5.53. The minimum absolute atomic E-state index is 0.123. The van der Waals surface area contributed by atoms with Gasteiger partial charge >= 0.3 is 0 Å². The summed E-state index contributed by atoms with van der Waals surface area (Å²) in [6.45, 7) is 5.84. The maximum atomic E-state index is 12.0. The Balaban J connectivity index is 2.01. The van der Waals surface area contributed by atoms with E-state index in [2.05, 4.69) is 6.58 Å². The molecular formula is C14H17NO2. The summed E-state index contributed by atoms with van der Waals surface area (Å²) in [7, 11) is 0. The number of amides is 1. The predicted molar refractivity (Wildman–Crippen MR) is 67.3 cm³/mol. The Morgan fingerprint density at radius 1 is 1.29 bits per heavy atom.